The largest absolute Gasteiger partial charge is 0.480 e. The van der Waals surface area contributed by atoms with E-state index in [9.17, 15) is 14.7 Å². The number of urea groups is 1. The second-order valence-electron chi connectivity index (χ2n) is 4.84. The highest BCUT2D eigenvalue weighted by Crippen LogP contribution is 2.10. The fourth-order valence-electron chi connectivity index (χ4n) is 2.13. The smallest absolute Gasteiger partial charge is 0.326 e. The fraction of sp³-hybridized carbons (Fsp3) is 0.583. The van der Waals surface area contributed by atoms with E-state index in [1.807, 2.05) is 0 Å². The molecule has 0 unspecified atom stereocenters. The lowest BCUT2D eigenvalue weighted by molar-refractivity contribution is -0.139. The lowest BCUT2D eigenvalue weighted by Crippen LogP contribution is -2.51. The molecule has 0 aliphatic carbocycles. The number of hydrogen-bond donors (Lipinski definition) is 4. The molecule has 4 N–H and O–H groups in total. The average Bonchev–Trinajstić information content (AvgIpc) is 2.91. The average molecular weight is 282 g/mol. The number of nitrogens with one attached hydrogen (secondary N) is 2. The molecule has 1 aromatic heterocycles. The number of amides is 2. The molecule has 8 heteroatoms. The lowest BCUT2D eigenvalue weighted by atomic mass is 10.1. The number of aliphatic hydroxyl groups excluding tert-OH is 1. The van der Waals surface area contributed by atoms with Gasteiger partial charge in [-0.05, 0) is 12.8 Å². The Balaban J connectivity index is 1.90. The van der Waals surface area contributed by atoms with Crippen LogP contribution in [0.1, 0.15) is 18.5 Å². The van der Waals surface area contributed by atoms with Crippen LogP contribution in [0.2, 0.25) is 0 Å². The number of rotatable bonds is 4. The summed E-state index contributed by atoms with van der Waals surface area (Å²) in [7, 11) is 0. The maximum absolute atomic E-state index is 12.0. The van der Waals surface area contributed by atoms with Crippen LogP contribution in [0.5, 0.6) is 0 Å². The summed E-state index contributed by atoms with van der Waals surface area (Å²) in [6.45, 7) is 0.868. The van der Waals surface area contributed by atoms with E-state index in [1.54, 1.807) is 0 Å². The van der Waals surface area contributed by atoms with Crippen LogP contribution in [0.3, 0.4) is 0 Å². The molecule has 1 aliphatic heterocycles. The van der Waals surface area contributed by atoms with Crippen molar-refractivity contribution in [3.05, 3.63) is 18.2 Å². The first-order valence-electron chi connectivity index (χ1n) is 6.50. The second kappa shape index (κ2) is 6.38. The van der Waals surface area contributed by atoms with Crippen molar-refractivity contribution in [3.63, 3.8) is 0 Å². The van der Waals surface area contributed by atoms with Gasteiger partial charge in [0, 0.05) is 31.4 Å². The molecule has 1 fully saturated rings. The molecule has 0 spiro atoms. The minimum atomic E-state index is -1.09. The van der Waals surface area contributed by atoms with Crippen molar-refractivity contribution in [2.75, 3.05) is 13.1 Å². The Hall–Kier alpha value is -2.09. The molecular formula is C12H18N4O4. The number of carbonyl (C=O) groups is 2. The first-order valence-corrected chi connectivity index (χ1v) is 6.50. The number of aromatic amines is 1. The summed E-state index contributed by atoms with van der Waals surface area (Å²) in [5.41, 5.74) is 0.645. The zero-order chi connectivity index (χ0) is 14.5. The van der Waals surface area contributed by atoms with Crippen LogP contribution in [0.15, 0.2) is 12.5 Å². The number of H-pyrrole nitrogens is 1. The number of likely N-dealkylation sites (tertiary alicyclic amines) is 1. The zero-order valence-corrected chi connectivity index (χ0v) is 11.0. The van der Waals surface area contributed by atoms with E-state index < -0.39 is 18.0 Å². The number of carbonyl (C=O) groups excluding carboxylic acids is 1. The molecule has 2 rings (SSSR count). The first-order chi connectivity index (χ1) is 9.56. The third kappa shape index (κ3) is 3.70. The van der Waals surface area contributed by atoms with Gasteiger partial charge in [-0.1, -0.05) is 0 Å². The third-order valence-electron chi connectivity index (χ3n) is 3.33. The molecule has 20 heavy (non-hydrogen) atoms. The van der Waals surface area contributed by atoms with Crippen molar-refractivity contribution < 1.29 is 19.8 Å². The van der Waals surface area contributed by atoms with Gasteiger partial charge in [0.1, 0.15) is 6.04 Å². The van der Waals surface area contributed by atoms with E-state index in [0.717, 1.165) is 0 Å². The summed E-state index contributed by atoms with van der Waals surface area (Å²) in [4.78, 5) is 31.3. The minimum absolute atomic E-state index is 0.150. The second-order valence-corrected chi connectivity index (χ2v) is 4.84. The third-order valence-corrected chi connectivity index (χ3v) is 3.33. The summed E-state index contributed by atoms with van der Waals surface area (Å²) in [6.07, 6.45) is 3.80. The van der Waals surface area contributed by atoms with Crippen LogP contribution in [-0.2, 0) is 11.2 Å². The molecule has 1 aliphatic rings. The molecule has 2 amide bonds. The van der Waals surface area contributed by atoms with E-state index in [0.29, 0.717) is 31.6 Å². The molecule has 1 atom stereocenters. The van der Waals surface area contributed by atoms with Crippen molar-refractivity contribution in [2.45, 2.75) is 31.4 Å². The first kappa shape index (κ1) is 14.3. The molecular weight excluding hydrogens is 264 g/mol. The van der Waals surface area contributed by atoms with E-state index in [2.05, 4.69) is 15.3 Å². The van der Waals surface area contributed by atoms with Gasteiger partial charge in [0.15, 0.2) is 0 Å². The molecule has 0 radical (unpaired) electrons. The van der Waals surface area contributed by atoms with Gasteiger partial charge >= 0.3 is 12.0 Å². The summed E-state index contributed by atoms with van der Waals surface area (Å²) in [5, 5.41) is 21.0. The predicted octanol–water partition coefficient (Wildman–Crippen LogP) is -0.428. The number of aliphatic hydroxyl groups is 1. The van der Waals surface area contributed by atoms with Crippen molar-refractivity contribution >= 4 is 12.0 Å². The van der Waals surface area contributed by atoms with Crippen molar-refractivity contribution in [1.29, 1.82) is 0 Å². The number of piperidine rings is 1. The predicted molar refractivity (Wildman–Crippen MR) is 69.1 cm³/mol. The summed E-state index contributed by atoms with van der Waals surface area (Å²) in [5.74, 6) is -1.09. The van der Waals surface area contributed by atoms with E-state index in [4.69, 9.17) is 5.11 Å². The zero-order valence-electron chi connectivity index (χ0n) is 11.0. The Morgan fingerprint density at radius 2 is 2.20 bits per heavy atom. The highest BCUT2D eigenvalue weighted by Gasteiger charge is 2.26. The SMILES string of the molecule is O=C(O)[C@H](Cc1cnc[nH]1)NC(=O)N1CCC(O)CC1. The Bertz CT molecular complexity index is 454. The number of carboxylic acid groups (broad SMARTS) is 1. The molecule has 2 heterocycles. The van der Waals surface area contributed by atoms with Crippen molar-refractivity contribution in [2.24, 2.45) is 0 Å². The highest BCUT2D eigenvalue weighted by atomic mass is 16.4. The molecule has 0 aromatic carbocycles. The van der Waals surface area contributed by atoms with Gasteiger partial charge in [0.25, 0.3) is 0 Å². The number of hydrogen-bond acceptors (Lipinski definition) is 4. The number of aliphatic carboxylic acids is 1. The number of aromatic nitrogens is 2. The topological polar surface area (TPSA) is 119 Å². The van der Waals surface area contributed by atoms with Crippen LogP contribution >= 0.6 is 0 Å². The van der Waals surface area contributed by atoms with Gasteiger partial charge in [-0.25, -0.2) is 14.6 Å². The van der Waals surface area contributed by atoms with Crippen LogP contribution in [-0.4, -0.2) is 62.3 Å². The van der Waals surface area contributed by atoms with Gasteiger partial charge in [-0.3, -0.25) is 0 Å². The normalized spacial score (nSPS) is 17.8. The maximum atomic E-state index is 12.0. The van der Waals surface area contributed by atoms with E-state index >= 15 is 0 Å². The Morgan fingerprint density at radius 3 is 2.75 bits per heavy atom. The molecule has 8 nitrogen and oxygen atoms in total. The fourth-order valence-corrected chi connectivity index (χ4v) is 2.13. The van der Waals surface area contributed by atoms with Crippen LogP contribution in [0.4, 0.5) is 4.79 Å². The summed E-state index contributed by atoms with van der Waals surface area (Å²) in [6, 6.07) is -1.42. The number of carboxylic acids is 1. The monoisotopic (exact) mass is 282 g/mol. The highest BCUT2D eigenvalue weighted by molar-refractivity contribution is 5.82. The van der Waals surface area contributed by atoms with Crippen molar-refractivity contribution in [1.82, 2.24) is 20.2 Å². The molecule has 1 aromatic rings. The van der Waals surface area contributed by atoms with Gasteiger partial charge in [-0.15, -0.1) is 0 Å². The quantitative estimate of drug-likeness (QED) is 0.597. The Labute approximate surface area is 115 Å². The van der Waals surface area contributed by atoms with Crippen LogP contribution in [0, 0.1) is 0 Å². The molecule has 0 bridgehead atoms. The number of nitrogens with zero attached hydrogens (tertiary/aromatic N) is 2. The van der Waals surface area contributed by atoms with Crippen LogP contribution < -0.4 is 5.32 Å². The molecule has 1 saturated heterocycles. The Kier molecular flexibility index (Phi) is 4.57. The lowest BCUT2D eigenvalue weighted by Gasteiger charge is -2.30. The molecule has 110 valence electrons. The maximum Gasteiger partial charge on any atom is 0.326 e. The summed E-state index contributed by atoms with van der Waals surface area (Å²) >= 11 is 0. The van der Waals surface area contributed by atoms with E-state index in [1.165, 1.54) is 17.4 Å². The summed E-state index contributed by atoms with van der Waals surface area (Å²) < 4.78 is 0. The Morgan fingerprint density at radius 1 is 1.50 bits per heavy atom. The minimum Gasteiger partial charge on any atom is -0.480 e. The van der Waals surface area contributed by atoms with Gasteiger partial charge in [-0.2, -0.15) is 0 Å². The van der Waals surface area contributed by atoms with Gasteiger partial charge in [0.05, 0.1) is 12.4 Å². The number of imidazole rings is 1. The standard InChI is InChI=1S/C12H18N4O4/c17-9-1-3-16(4-2-9)12(20)15-10(11(18)19)5-8-6-13-7-14-8/h6-7,9-10,17H,1-5H2,(H,13,14)(H,15,20)(H,18,19)/t10-/m0/s1. The molecule has 0 saturated carbocycles. The van der Waals surface area contributed by atoms with Crippen LogP contribution in [0.25, 0.3) is 0 Å². The van der Waals surface area contributed by atoms with Gasteiger partial charge < -0.3 is 25.4 Å². The van der Waals surface area contributed by atoms with Crippen molar-refractivity contribution in [3.8, 4) is 0 Å². The van der Waals surface area contributed by atoms with E-state index in [-0.39, 0.29) is 12.5 Å². The van der Waals surface area contributed by atoms with Gasteiger partial charge in [0.2, 0.25) is 0 Å².